The quantitative estimate of drug-likeness (QED) is 0.359. The van der Waals surface area contributed by atoms with Crippen LogP contribution in [0.3, 0.4) is 0 Å². The molecule has 35 heavy (non-hydrogen) atoms. The Kier molecular flexibility index (Phi) is 6.78. The van der Waals surface area contributed by atoms with Gasteiger partial charge in [-0.2, -0.15) is 5.10 Å². The zero-order chi connectivity index (χ0) is 24.0. The van der Waals surface area contributed by atoms with Crippen LogP contribution in [0.1, 0.15) is 42.1 Å². The molecule has 0 bridgehead atoms. The molecule has 2 amide bonds. The smallest absolute Gasteiger partial charge is 0.319 e. The molecular formula is C29H29N5O. The molecule has 4 aromatic rings. The Labute approximate surface area is 205 Å². The highest BCUT2D eigenvalue weighted by molar-refractivity contribution is 5.94. The van der Waals surface area contributed by atoms with Gasteiger partial charge in [-0.25, -0.2) is 4.79 Å². The van der Waals surface area contributed by atoms with Crippen LogP contribution in [0.5, 0.6) is 0 Å². The monoisotopic (exact) mass is 463 g/mol. The molecule has 6 nitrogen and oxygen atoms in total. The van der Waals surface area contributed by atoms with Crippen molar-refractivity contribution in [2.24, 2.45) is 0 Å². The number of likely N-dealkylation sites (N-methyl/N-ethyl adjacent to an activating group) is 1. The van der Waals surface area contributed by atoms with Crippen LogP contribution in [0.25, 0.3) is 10.9 Å². The first-order valence-corrected chi connectivity index (χ1v) is 12.1. The van der Waals surface area contributed by atoms with Gasteiger partial charge in [0, 0.05) is 22.7 Å². The minimum atomic E-state index is -0.224. The summed E-state index contributed by atoms with van der Waals surface area (Å²) in [7, 11) is 2.14. The Morgan fingerprint density at radius 3 is 2.57 bits per heavy atom. The number of rotatable bonds is 4. The van der Waals surface area contributed by atoms with Crippen molar-refractivity contribution in [1.82, 2.24) is 20.4 Å². The van der Waals surface area contributed by atoms with E-state index in [2.05, 4.69) is 56.8 Å². The predicted octanol–water partition coefficient (Wildman–Crippen LogP) is 5.31. The lowest BCUT2D eigenvalue weighted by atomic mass is 9.91. The fraction of sp³-hybridized carbons (Fsp3) is 0.241. The second-order valence-electron chi connectivity index (χ2n) is 8.98. The van der Waals surface area contributed by atoms with Crippen LogP contribution in [-0.2, 0) is 0 Å². The van der Waals surface area contributed by atoms with Gasteiger partial charge in [0.1, 0.15) is 5.69 Å². The highest BCUT2D eigenvalue weighted by atomic mass is 16.2. The molecular weight excluding hydrogens is 434 g/mol. The van der Waals surface area contributed by atoms with Crippen LogP contribution >= 0.6 is 0 Å². The molecule has 0 spiro atoms. The van der Waals surface area contributed by atoms with Gasteiger partial charge in [0.15, 0.2) is 0 Å². The number of urea groups is 1. The van der Waals surface area contributed by atoms with Gasteiger partial charge in [-0.05, 0) is 68.2 Å². The number of nitrogens with zero attached hydrogens (tertiary/aromatic N) is 2. The van der Waals surface area contributed by atoms with Crippen LogP contribution in [0.2, 0.25) is 0 Å². The Balaban J connectivity index is 1.35. The Morgan fingerprint density at radius 2 is 1.80 bits per heavy atom. The van der Waals surface area contributed by atoms with Gasteiger partial charge in [-0.3, -0.25) is 5.10 Å². The van der Waals surface area contributed by atoms with E-state index in [-0.39, 0.29) is 18.1 Å². The second-order valence-corrected chi connectivity index (χ2v) is 8.98. The van der Waals surface area contributed by atoms with Crippen molar-refractivity contribution >= 4 is 22.6 Å². The maximum Gasteiger partial charge on any atom is 0.319 e. The van der Waals surface area contributed by atoms with E-state index in [1.165, 1.54) is 12.8 Å². The lowest BCUT2D eigenvalue weighted by Crippen LogP contribution is -2.47. The average molecular weight is 464 g/mol. The molecule has 0 unspecified atom stereocenters. The number of fused-ring (bicyclic) bond motifs is 1. The van der Waals surface area contributed by atoms with Gasteiger partial charge in [0.05, 0.1) is 11.6 Å². The third-order valence-electron chi connectivity index (χ3n) is 6.57. The maximum absolute atomic E-state index is 13.1. The number of anilines is 1. The topological polar surface area (TPSA) is 73.1 Å². The number of likely N-dealkylation sites (tertiary alicyclic amines) is 1. The third kappa shape index (κ3) is 5.37. The maximum atomic E-state index is 13.1. The lowest BCUT2D eigenvalue weighted by molar-refractivity contribution is 0.147. The van der Waals surface area contributed by atoms with Crippen molar-refractivity contribution in [1.29, 1.82) is 0 Å². The summed E-state index contributed by atoms with van der Waals surface area (Å²) in [4.78, 5) is 15.5. The van der Waals surface area contributed by atoms with Crippen LogP contribution in [0, 0.1) is 11.8 Å². The zero-order valence-corrected chi connectivity index (χ0v) is 19.8. The summed E-state index contributed by atoms with van der Waals surface area (Å²) in [6.45, 7) is 1.04. The molecule has 0 saturated carbocycles. The molecule has 3 aromatic carbocycles. The number of aromatic nitrogens is 2. The first kappa shape index (κ1) is 22.7. The molecule has 5 rings (SSSR count). The van der Waals surface area contributed by atoms with Crippen molar-refractivity contribution in [3.05, 3.63) is 95.7 Å². The number of piperidine rings is 1. The van der Waals surface area contributed by atoms with Gasteiger partial charge in [0.25, 0.3) is 0 Å². The number of carbonyl (C=O) groups excluding carboxylic acids is 1. The molecule has 2 heterocycles. The zero-order valence-electron chi connectivity index (χ0n) is 19.8. The van der Waals surface area contributed by atoms with Gasteiger partial charge in [-0.1, -0.05) is 60.9 Å². The van der Waals surface area contributed by atoms with Crippen molar-refractivity contribution in [3.63, 3.8) is 0 Å². The van der Waals surface area contributed by atoms with Crippen molar-refractivity contribution in [2.45, 2.75) is 31.3 Å². The SMILES string of the molecule is CN1CCCC[C@H]1[C@@H](NC(=O)Nc1ccc2n[nH]c(C#Cc3ccccc3)c2c1)c1ccccc1. The fourth-order valence-corrected chi connectivity index (χ4v) is 4.73. The summed E-state index contributed by atoms with van der Waals surface area (Å²) >= 11 is 0. The summed E-state index contributed by atoms with van der Waals surface area (Å²) in [5.41, 5.74) is 4.27. The number of hydrogen-bond acceptors (Lipinski definition) is 3. The number of aromatic amines is 1. The third-order valence-corrected chi connectivity index (χ3v) is 6.57. The van der Waals surface area contributed by atoms with Gasteiger partial charge in [-0.15, -0.1) is 0 Å². The molecule has 3 N–H and O–H groups in total. The number of carbonyl (C=O) groups is 1. The van der Waals surface area contributed by atoms with Gasteiger partial charge >= 0.3 is 6.03 Å². The molecule has 1 aliphatic heterocycles. The molecule has 0 radical (unpaired) electrons. The molecule has 1 aliphatic rings. The molecule has 0 aliphatic carbocycles. The van der Waals surface area contributed by atoms with E-state index >= 15 is 0 Å². The van der Waals surface area contributed by atoms with Gasteiger partial charge < -0.3 is 15.5 Å². The minimum absolute atomic E-state index is 0.0912. The van der Waals surface area contributed by atoms with Crippen LogP contribution in [0.15, 0.2) is 78.9 Å². The minimum Gasteiger partial charge on any atom is -0.329 e. The molecule has 2 atom stereocenters. The largest absolute Gasteiger partial charge is 0.329 e. The Hall–Kier alpha value is -4.08. The van der Waals surface area contributed by atoms with E-state index in [1.54, 1.807) is 0 Å². The summed E-state index contributed by atoms with van der Waals surface area (Å²) in [5.74, 6) is 6.32. The predicted molar refractivity (Wildman–Crippen MR) is 140 cm³/mol. The van der Waals surface area contributed by atoms with Crippen LogP contribution in [-0.4, -0.2) is 40.8 Å². The average Bonchev–Trinajstić information content (AvgIpc) is 3.30. The first-order chi connectivity index (χ1) is 17.2. The molecule has 1 saturated heterocycles. The summed E-state index contributed by atoms with van der Waals surface area (Å²) in [6, 6.07) is 25.7. The van der Waals surface area contributed by atoms with Crippen molar-refractivity contribution < 1.29 is 4.79 Å². The Bertz CT molecular complexity index is 1350. The highest BCUT2D eigenvalue weighted by Gasteiger charge is 2.30. The molecule has 1 fully saturated rings. The number of benzene rings is 3. The van der Waals surface area contributed by atoms with Crippen LogP contribution < -0.4 is 10.6 Å². The lowest BCUT2D eigenvalue weighted by Gasteiger charge is -2.38. The van der Waals surface area contributed by atoms with E-state index in [9.17, 15) is 4.79 Å². The molecule has 6 heteroatoms. The first-order valence-electron chi connectivity index (χ1n) is 12.1. The summed E-state index contributed by atoms with van der Waals surface area (Å²) in [6.07, 6.45) is 3.42. The van der Waals surface area contributed by atoms with E-state index in [4.69, 9.17) is 0 Å². The standard InChI is InChI=1S/C29H29N5O/c1-34-19-9-8-14-27(34)28(22-12-6-3-7-13-22)31-29(35)30-23-16-18-26-24(20-23)25(32-33-26)17-15-21-10-4-2-5-11-21/h2-7,10-13,16,18,20,27-28H,8-9,14,19H2,1H3,(H,32,33)(H2,30,31,35)/t27-,28-/m0/s1. The van der Waals surface area contributed by atoms with E-state index in [1.807, 2.05) is 66.7 Å². The number of hydrogen-bond donors (Lipinski definition) is 3. The molecule has 176 valence electrons. The summed E-state index contributed by atoms with van der Waals surface area (Å²) in [5, 5.41) is 14.5. The van der Waals surface area contributed by atoms with E-state index in [0.29, 0.717) is 5.69 Å². The second kappa shape index (κ2) is 10.5. The normalized spacial score (nSPS) is 16.8. The Morgan fingerprint density at radius 1 is 1.03 bits per heavy atom. The fourth-order valence-electron chi connectivity index (χ4n) is 4.73. The highest BCUT2D eigenvalue weighted by Crippen LogP contribution is 2.28. The number of H-pyrrole nitrogens is 1. The number of nitrogens with one attached hydrogen (secondary N) is 3. The van der Waals surface area contributed by atoms with Gasteiger partial charge in [0.2, 0.25) is 0 Å². The van der Waals surface area contributed by atoms with Crippen molar-refractivity contribution in [2.75, 3.05) is 18.9 Å². The number of amides is 2. The van der Waals surface area contributed by atoms with Crippen LogP contribution in [0.4, 0.5) is 10.5 Å². The summed E-state index contributed by atoms with van der Waals surface area (Å²) < 4.78 is 0. The van der Waals surface area contributed by atoms with E-state index in [0.717, 1.165) is 40.7 Å². The molecule has 1 aromatic heterocycles. The van der Waals surface area contributed by atoms with Crippen molar-refractivity contribution in [3.8, 4) is 11.8 Å². The van der Waals surface area contributed by atoms with E-state index < -0.39 is 0 Å².